The molecular formula is C24H24N4O3S. The van der Waals surface area contributed by atoms with Crippen molar-refractivity contribution in [2.75, 3.05) is 32.8 Å². The van der Waals surface area contributed by atoms with E-state index < -0.39 is 0 Å². The fourth-order valence-electron chi connectivity index (χ4n) is 4.26. The van der Waals surface area contributed by atoms with Gasteiger partial charge in [0.2, 0.25) is 0 Å². The van der Waals surface area contributed by atoms with E-state index in [1.165, 1.54) is 16.9 Å². The van der Waals surface area contributed by atoms with Gasteiger partial charge < -0.3 is 15.2 Å². The number of ether oxygens (including phenoxy) is 1. The Hall–Kier alpha value is -2.91. The van der Waals surface area contributed by atoms with Gasteiger partial charge in [0.15, 0.2) is 0 Å². The Labute approximate surface area is 189 Å². The molecule has 8 heteroatoms. The molecule has 0 bridgehead atoms. The number of carbonyl (C=O) groups is 1. The number of aliphatic hydroxyl groups excluding tert-OH is 1. The number of aliphatic hydroxyl groups is 1. The van der Waals surface area contributed by atoms with E-state index >= 15 is 0 Å². The number of nitrogens with one attached hydrogen (secondary N) is 1. The number of morpholine rings is 1. The summed E-state index contributed by atoms with van der Waals surface area (Å²) in [5, 5.41) is 14.0. The molecule has 0 saturated carbocycles. The van der Waals surface area contributed by atoms with E-state index in [9.17, 15) is 4.79 Å². The van der Waals surface area contributed by atoms with Gasteiger partial charge in [0.05, 0.1) is 24.8 Å². The van der Waals surface area contributed by atoms with Crippen LogP contribution in [0.3, 0.4) is 0 Å². The average Bonchev–Trinajstić information content (AvgIpc) is 3.23. The third-order valence-corrected chi connectivity index (χ3v) is 6.84. The van der Waals surface area contributed by atoms with Gasteiger partial charge >= 0.3 is 0 Å². The second-order valence-corrected chi connectivity index (χ2v) is 8.76. The zero-order valence-electron chi connectivity index (χ0n) is 17.5. The van der Waals surface area contributed by atoms with Gasteiger partial charge in [0, 0.05) is 54.9 Å². The molecule has 32 heavy (non-hydrogen) atoms. The lowest BCUT2D eigenvalue weighted by Crippen LogP contribution is -2.38. The van der Waals surface area contributed by atoms with Crippen LogP contribution in [-0.2, 0) is 11.3 Å². The summed E-state index contributed by atoms with van der Waals surface area (Å²) in [6, 6.07) is 14.2. The summed E-state index contributed by atoms with van der Waals surface area (Å²) in [4.78, 5) is 25.6. The molecule has 1 fully saturated rings. The van der Waals surface area contributed by atoms with Gasteiger partial charge in [-0.2, -0.15) is 0 Å². The smallest absolute Gasteiger partial charge is 0.261 e. The lowest BCUT2D eigenvalue weighted by atomic mass is 10.0. The summed E-state index contributed by atoms with van der Waals surface area (Å²) in [6.45, 7) is 2.99. The van der Waals surface area contributed by atoms with Gasteiger partial charge in [0.1, 0.15) is 9.71 Å². The van der Waals surface area contributed by atoms with Crippen LogP contribution >= 0.6 is 11.3 Å². The van der Waals surface area contributed by atoms with E-state index in [1.54, 1.807) is 6.20 Å². The second-order valence-electron chi connectivity index (χ2n) is 7.76. The fourth-order valence-corrected chi connectivity index (χ4v) is 5.37. The average molecular weight is 449 g/mol. The maximum Gasteiger partial charge on any atom is 0.261 e. The van der Waals surface area contributed by atoms with Crippen LogP contribution in [0.5, 0.6) is 0 Å². The SMILES string of the molecule is O=C(NCCO)c1sc2ncccc2c1[C@H]1CN(Cc2cccc3ncccc23)CCO1. The summed E-state index contributed by atoms with van der Waals surface area (Å²) >= 11 is 1.37. The third kappa shape index (κ3) is 4.10. The molecule has 4 heterocycles. The van der Waals surface area contributed by atoms with Crippen LogP contribution in [0.15, 0.2) is 54.9 Å². The number of benzene rings is 1. The first-order valence-corrected chi connectivity index (χ1v) is 11.5. The number of nitrogens with zero attached hydrogens (tertiary/aromatic N) is 3. The predicted molar refractivity (Wildman–Crippen MR) is 125 cm³/mol. The molecule has 1 saturated heterocycles. The molecule has 7 nitrogen and oxygen atoms in total. The standard InChI is InChI=1S/C24H24N4O3S/c29-12-10-26-23(30)22-21(18-6-3-9-27-24(18)32-22)20-15-28(11-13-31-20)14-16-4-1-7-19-17(16)5-2-8-25-19/h1-9,20,29H,10-15H2,(H,26,30)/t20-/m1/s1. The lowest BCUT2D eigenvalue weighted by Gasteiger charge is -2.33. The van der Waals surface area contributed by atoms with E-state index in [0.29, 0.717) is 18.0 Å². The first-order chi connectivity index (χ1) is 15.7. The number of hydrogen-bond acceptors (Lipinski definition) is 7. The normalized spacial score (nSPS) is 17.1. The highest BCUT2D eigenvalue weighted by Crippen LogP contribution is 2.37. The number of hydrogen-bond donors (Lipinski definition) is 2. The monoisotopic (exact) mass is 448 g/mol. The van der Waals surface area contributed by atoms with Crippen LogP contribution in [0.4, 0.5) is 0 Å². The van der Waals surface area contributed by atoms with Crippen molar-refractivity contribution in [2.45, 2.75) is 12.6 Å². The Bertz CT molecular complexity index is 1250. The molecule has 0 unspecified atom stereocenters. The van der Waals surface area contributed by atoms with E-state index in [-0.39, 0.29) is 25.2 Å². The van der Waals surface area contributed by atoms with Crippen LogP contribution in [-0.4, -0.2) is 58.7 Å². The Kier molecular flexibility index (Phi) is 6.09. The highest BCUT2D eigenvalue weighted by molar-refractivity contribution is 7.20. The van der Waals surface area contributed by atoms with Crippen LogP contribution in [0, 0.1) is 0 Å². The molecule has 5 rings (SSSR count). The van der Waals surface area contributed by atoms with Gasteiger partial charge in [-0.25, -0.2) is 4.98 Å². The first kappa shape index (κ1) is 21.0. The number of fused-ring (bicyclic) bond motifs is 2. The molecular weight excluding hydrogens is 424 g/mol. The van der Waals surface area contributed by atoms with Gasteiger partial charge in [-0.05, 0) is 23.8 Å². The van der Waals surface area contributed by atoms with E-state index in [0.717, 1.165) is 39.8 Å². The Morgan fingerprint density at radius 2 is 2.00 bits per heavy atom. The summed E-state index contributed by atoms with van der Waals surface area (Å²) < 4.78 is 6.18. The van der Waals surface area contributed by atoms with Gasteiger partial charge in [0.25, 0.3) is 5.91 Å². The lowest BCUT2D eigenvalue weighted by molar-refractivity contribution is -0.0322. The Morgan fingerprint density at radius 1 is 1.16 bits per heavy atom. The van der Waals surface area contributed by atoms with Crippen molar-refractivity contribution in [1.29, 1.82) is 0 Å². The van der Waals surface area contributed by atoms with Crippen LogP contribution < -0.4 is 5.32 Å². The van der Waals surface area contributed by atoms with Crippen molar-refractivity contribution < 1.29 is 14.6 Å². The predicted octanol–water partition coefficient (Wildman–Crippen LogP) is 3.14. The summed E-state index contributed by atoms with van der Waals surface area (Å²) in [5.74, 6) is -0.196. The fraction of sp³-hybridized carbons (Fsp3) is 0.292. The molecule has 0 spiro atoms. The van der Waals surface area contributed by atoms with E-state index in [4.69, 9.17) is 9.84 Å². The summed E-state index contributed by atoms with van der Waals surface area (Å²) in [7, 11) is 0. The van der Waals surface area contributed by atoms with Crippen molar-refractivity contribution in [3.8, 4) is 0 Å². The highest BCUT2D eigenvalue weighted by Gasteiger charge is 2.30. The zero-order chi connectivity index (χ0) is 21.9. The van der Waals surface area contributed by atoms with Gasteiger partial charge in [-0.3, -0.25) is 14.7 Å². The number of rotatable bonds is 6. The first-order valence-electron chi connectivity index (χ1n) is 10.7. The van der Waals surface area contributed by atoms with E-state index in [1.807, 2.05) is 36.5 Å². The van der Waals surface area contributed by atoms with Crippen LogP contribution in [0.25, 0.3) is 21.1 Å². The number of amides is 1. The molecule has 164 valence electrons. The Morgan fingerprint density at radius 3 is 2.88 bits per heavy atom. The molecule has 1 aliphatic heterocycles. The topological polar surface area (TPSA) is 87.6 Å². The van der Waals surface area contributed by atoms with Crippen LogP contribution in [0.2, 0.25) is 0 Å². The third-order valence-electron chi connectivity index (χ3n) is 5.71. The Balaban J connectivity index is 1.44. The van der Waals surface area contributed by atoms with Gasteiger partial charge in [-0.1, -0.05) is 24.3 Å². The number of thiophene rings is 1. The number of carbonyl (C=O) groups excluding carboxylic acids is 1. The zero-order valence-corrected chi connectivity index (χ0v) is 18.3. The quantitative estimate of drug-likeness (QED) is 0.471. The molecule has 2 N–H and O–H groups in total. The van der Waals surface area contributed by atoms with Crippen LogP contribution in [0.1, 0.15) is 26.9 Å². The maximum absolute atomic E-state index is 12.8. The van der Waals surface area contributed by atoms with Crippen molar-refractivity contribution in [2.24, 2.45) is 0 Å². The molecule has 0 radical (unpaired) electrons. The number of pyridine rings is 2. The molecule has 3 aromatic heterocycles. The highest BCUT2D eigenvalue weighted by atomic mass is 32.1. The second kappa shape index (κ2) is 9.30. The molecule has 4 aromatic rings. The minimum absolute atomic E-state index is 0.0994. The molecule has 1 atom stereocenters. The van der Waals surface area contributed by atoms with Crippen molar-refractivity contribution >= 4 is 38.4 Å². The summed E-state index contributed by atoms with van der Waals surface area (Å²) in [5.41, 5.74) is 3.11. The minimum atomic E-state index is -0.232. The summed E-state index contributed by atoms with van der Waals surface area (Å²) in [6.07, 6.45) is 3.32. The van der Waals surface area contributed by atoms with Crippen molar-refractivity contribution in [3.05, 3.63) is 70.9 Å². The molecule has 0 aliphatic carbocycles. The van der Waals surface area contributed by atoms with Crippen molar-refractivity contribution in [1.82, 2.24) is 20.2 Å². The molecule has 1 amide bonds. The largest absolute Gasteiger partial charge is 0.395 e. The molecule has 1 aliphatic rings. The molecule has 1 aromatic carbocycles. The van der Waals surface area contributed by atoms with Crippen molar-refractivity contribution in [3.63, 3.8) is 0 Å². The van der Waals surface area contributed by atoms with Gasteiger partial charge in [-0.15, -0.1) is 11.3 Å². The number of aromatic nitrogens is 2. The minimum Gasteiger partial charge on any atom is -0.395 e. The van der Waals surface area contributed by atoms with E-state index in [2.05, 4.69) is 32.3 Å². The maximum atomic E-state index is 12.8.